The first-order valence-electron chi connectivity index (χ1n) is 14.0. The van der Waals surface area contributed by atoms with Crippen molar-refractivity contribution in [2.45, 2.75) is 59.0 Å². The van der Waals surface area contributed by atoms with Gasteiger partial charge in [-0.25, -0.2) is 8.42 Å². The first-order valence-corrected chi connectivity index (χ1v) is 16.6. The van der Waals surface area contributed by atoms with Crippen LogP contribution in [0, 0.1) is 13.8 Å². The molecule has 3 aromatic rings. The van der Waals surface area contributed by atoms with Gasteiger partial charge in [-0.3, -0.25) is 13.9 Å². The topological polar surface area (TPSA) is 86.8 Å². The van der Waals surface area contributed by atoms with Crippen LogP contribution < -0.4 is 9.62 Å². The fourth-order valence-electron chi connectivity index (χ4n) is 4.74. The molecule has 3 aromatic carbocycles. The average molecular weight is 633 g/mol. The Balaban J connectivity index is 1.91. The Morgan fingerprint density at radius 2 is 1.64 bits per heavy atom. The van der Waals surface area contributed by atoms with Crippen LogP contribution in [0.2, 0.25) is 10.0 Å². The maximum atomic E-state index is 13.9. The van der Waals surface area contributed by atoms with E-state index in [1.165, 1.54) is 10.6 Å². The van der Waals surface area contributed by atoms with E-state index in [1.54, 1.807) is 29.2 Å². The number of halogens is 2. The normalized spacial score (nSPS) is 12.0. The van der Waals surface area contributed by atoms with Crippen LogP contribution in [-0.4, -0.2) is 50.5 Å². The number of anilines is 1. The van der Waals surface area contributed by atoms with Crippen molar-refractivity contribution in [3.8, 4) is 0 Å². The molecule has 3 rings (SSSR count). The predicted octanol–water partition coefficient (Wildman–Crippen LogP) is 6.32. The van der Waals surface area contributed by atoms with E-state index in [4.69, 9.17) is 23.2 Å². The highest BCUT2D eigenvalue weighted by atomic mass is 35.5. The van der Waals surface area contributed by atoms with Crippen molar-refractivity contribution in [3.05, 3.63) is 99.0 Å². The largest absolute Gasteiger partial charge is 0.354 e. The number of rotatable bonds is 14. The van der Waals surface area contributed by atoms with Crippen molar-refractivity contribution < 1.29 is 18.0 Å². The second kappa shape index (κ2) is 15.4. The smallest absolute Gasteiger partial charge is 0.243 e. The third-order valence-corrected chi connectivity index (χ3v) is 9.07. The summed E-state index contributed by atoms with van der Waals surface area (Å²) < 4.78 is 26.9. The van der Waals surface area contributed by atoms with Gasteiger partial charge in [-0.2, -0.15) is 0 Å². The van der Waals surface area contributed by atoms with E-state index in [-0.39, 0.29) is 37.7 Å². The molecule has 42 heavy (non-hydrogen) atoms. The van der Waals surface area contributed by atoms with Crippen LogP contribution in [0.25, 0.3) is 0 Å². The molecule has 0 heterocycles. The first-order chi connectivity index (χ1) is 19.9. The van der Waals surface area contributed by atoms with Gasteiger partial charge in [0.05, 0.1) is 22.0 Å². The zero-order valence-electron chi connectivity index (χ0n) is 24.6. The molecule has 0 aliphatic rings. The Bertz CT molecular complexity index is 1480. The number of sulfonamides is 1. The summed E-state index contributed by atoms with van der Waals surface area (Å²) in [7, 11) is -3.60. The number of nitrogens with one attached hydrogen (secondary N) is 1. The van der Waals surface area contributed by atoms with Gasteiger partial charge >= 0.3 is 0 Å². The zero-order chi connectivity index (χ0) is 30.9. The van der Waals surface area contributed by atoms with Gasteiger partial charge in [0.2, 0.25) is 21.8 Å². The molecular weight excluding hydrogens is 593 g/mol. The number of carbonyl (C=O) groups excluding carboxylic acids is 2. The standard InChI is InChI=1S/C32H39Cl2N3O4S/c1-5-18-35-32(39)30(21-25-12-7-6-8-13-25)36(22-26-16-17-27(33)28(34)20-26)31(38)15-10-19-37(42(4,40)41)29-14-9-11-23(2)24(29)3/h6-9,11-14,16-17,20,30H,5,10,15,18-19,21-22H2,1-4H3,(H,35,39)/t30-/m0/s1. The number of benzene rings is 3. The van der Waals surface area contributed by atoms with Crippen LogP contribution >= 0.6 is 23.2 Å². The molecule has 0 aromatic heterocycles. The summed E-state index contributed by atoms with van der Waals surface area (Å²) in [5, 5.41) is 3.70. The van der Waals surface area contributed by atoms with Gasteiger partial charge in [0.1, 0.15) is 6.04 Å². The average Bonchev–Trinajstić information content (AvgIpc) is 2.95. The quantitative estimate of drug-likeness (QED) is 0.225. The van der Waals surface area contributed by atoms with Crippen molar-refractivity contribution in [2.24, 2.45) is 0 Å². The molecule has 0 unspecified atom stereocenters. The lowest BCUT2D eigenvalue weighted by Gasteiger charge is -2.32. The van der Waals surface area contributed by atoms with Gasteiger partial charge in [-0.15, -0.1) is 0 Å². The van der Waals surface area contributed by atoms with E-state index in [9.17, 15) is 18.0 Å². The monoisotopic (exact) mass is 631 g/mol. The molecule has 0 aliphatic heterocycles. The van der Waals surface area contributed by atoms with Crippen molar-refractivity contribution >= 4 is 50.7 Å². The minimum Gasteiger partial charge on any atom is -0.354 e. The zero-order valence-corrected chi connectivity index (χ0v) is 26.9. The summed E-state index contributed by atoms with van der Waals surface area (Å²) >= 11 is 12.4. The van der Waals surface area contributed by atoms with Crippen LogP contribution in [0.4, 0.5) is 5.69 Å². The molecule has 0 fully saturated rings. The van der Waals surface area contributed by atoms with E-state index >= 15 is 0 Å². The minimum absolute atomic E-state index is 0.0462. The first kappa shape index (κ1) is 33.4. The highest BCUT2D eigenvalue weighted by Crippen LogP contribution is 2.27. The molecule has 0 bridgehead atoms. The predicted molar refractivity (Wildman–Crippen MR) is 172 cm³/mol. The van der Waals surface area contributed by atoms with Gasteiger partial charge in [0.25, 0.3) is 0 Å². The van der Waals surface area contributed by atoms with E-state index in [2.05, 4.69) is 5.32 Å². The summed E-state index contributed by atoms with van der Waals surface area (Å²) in [6.45, 7) is 6.53. The second-order valence-corrected chi connectivity index (χ2v) is 13.1. The van der Waals surface area contributed by atoms with E-state index in [0.29, 0.717) is 28.7 Å². The minimum atomic E-state index is -3.60. The third-order valence-electron chi connectivity index (χ3n) is 7.15. The van der Waals surface area contributed by atoms with E-state index < -0.39 is 16.1 Å². The molecule has 1 N–H and O–H groups in total. The van der Waals surface area contributed by atoms with Crippen LogP contribution in [-0.2, 0) is 32.6 Å². The van der Waals surface area contributed by atoms with Crippen molar-refractivity contribution in [1.82, 2.24) is 10.2 Å². The maximum Gasteiger partial charge on any atom is 0.243 e. The molecule has 0 saturated carbocycles. The fourth-order valence-corrected chi connectivity index (χ4v) is 6.08. The van der Waals surface area contributed by atoms with Crippen LogP contribution in [0.15, 0.2) is 66.7 Å². The Hall–Kier alpha value is -3.07. The molecule has 1 atom stereocenters. The highest BCUT2D eigenvalue weighted by Gasteiger charge is 2.30. The van der Waals surface area contributed by atoms with Gasteiger partial charge < -0.3 is 10.2 Å². The Morgan fingerprint density at radius 1 is 0.929 bits per heavy atom. The fraction of sp³-hybridized carbons (Fsp3) is 0.375. The van der Waals surface area contributed by atoms with Crippen LogP contribution in [0.1, 0.15) is 48.4 Å². The summed E-state index contributed by atoms with van der Waals surface area (Å²) in [4.78, 5) is 29.0. The molecule has 0 radical (unpaired) electrons. The summed E-state index contributed by atoms with van der Waals surface area (Å²) in [6.07, 6.45) is 2.56. The number of amides is 2. The molecule has 0 saturated heterocycles. The van der Waals surface area contributed by atoms with E-state index in [0.717, 1.165) is 28.7 Å². The summed E-state index contributed by atoms with van der Waals surface area (Å²) in [6, 6.07) is 19.4. The molecule has 226 valence electrons. The molecule has 0 spiro atoms. The summed E-state index contributed by atoms with van der Waals surface area (Å²) in [5.41, 5.74) is 4.09. The second-order valence-electron chi connectivity index (χ2n) is 10.4. The number of hydrogen-bond acceptors (Lipinski definition) is 4. The molecule has 10 heteroatoms. The number of hydrogen-bond donors (Lipinski definition) is 1. The van der Waals surface area contributed by atoms with Crippen LogP contribution in [0.3, 0.4) is 0 Å². The lowest BCUT2D eigenvalue weighted by Crippen LogP contribution is -2.50. The van der Waals surface area contributed by atoms with Gasteiger partial charge in [0, 0.05) is 32.5 Å². The van der Waals surface area contributed by atoms with Crippen LogP contribution in [0.5, 0.6) is 0 Å². The molecule has 0 aliphatic carbocycles. The van der Waals surface area contributed by atoms with Crippen molar-refractivity contribution in [3.63, 3.8) is 0 Å². The van der Waals surface area contributed by atoms with Crippen molar-refractivity contribution in [1.29, 1.82) is 0 Å². The molecule has 2 amide bonds. The Labute approximate surface area is 259 Å². The number of aryl methyl sites for hydroxylation is 1. The lowest BCUT2D eigenvalue weighted by molar-refractivity contribution is -0.141. The maximum absolute atomic E-state index is 13.9. The van der Waals surface area contributed by atoms with Gasteiger partial charge in [-0.05, 0) is 67.1 Å². The Morgan fingerprint density at radius 3 is 2.29 bits per heavy atom. The Kier molecular flexibility index (Phi) is 12.3. The van der Waals surface area contributed by atoms with Gasteiger partial charge in [0.15, 0.2) is 0 Å². The van der Waals surface area contributed by atoms with Crippen molar-refractivity contribution in [2.75, 3.05) is 23.7 Å². The third kappa shape index (κ3) is 9.21. The summed E-state index contributed by atoms with van der Waals surface area (Å²) in [5.74, 6) is -0.509. The van der Waals surface area contributed by atoms with E-state index in [1.807, 2.05) is 63.2 Å². The number of carbonyl (C=O) groups is 2. The SMILES string of the molecule is CCCNC(=O)[C@H](Cc1ccccc1)N(Cc1ccc(Cl)c(Cl)c1)C(=O)CCCN(c1cccc(C)c1C)S(C)(=O)=O. The van der Waals surface area contributed by atoms with Gasteiger partial charge in [-0.1, -0.05) is 78.7 Å². The lowest BCUT2D eigenvalue weighted by atomic mass is 10.0. The molecular formula is C32H39Cl2N3O4S. The number of nitrogens with zero attached hydrogens (tertiary/aromatic N) is 2. The molecule has 7 nitrogen and oxygen atoms in total. The highest BCUT2D eigenvalue weighted by molar-refractivity contribution is 7.92.